The van der Waals surface area contributed by atoms with Crippen molar-refractivity contribution in [2.24, 2.45) is 0 Å². The minimum Gasteiger partial charge on any atom is -0.308 e. The largest absolute Gasteiger partial charge is 0.308 e. The molecule has 9 aromatic rings. The molecule has 47 heavy (non-hydrogen) atoms. The summed E-state index contributed by atoms with van der Waals surface area (Å²) in [4.78, 5) is 15.1. The lowest BCUT2D eigenvalue weighted by molar-refractivity contribution is 1.06. The van der Waals surface area contributed by atoms with Crippen LogP contribution in [0.1, 0.15) is 11.0 Å². The van der Waals surface area contributed by atoms with Crippen molar-refractivity contribution in [2.75, 3.05) is 0 Å². The Labute approximate surface area is 283 Å². The van der Waals surface area contributed by atoms with E-state index in [4.69, 9.17) is 23.2 Å². The monoisotopic (exact) mass is 608 g/mol. The Morgan fingerprint density at radius 1 is 0.447 bits per heavy atom. The molecule has 0 fully saturated rings. The molecule has 7 aromatic carbocycles. The molecule has 0 radical (unpaired) electrons. The lowest BCUT2D eigenvalue weighted by Gasteiger charge is -2.18. The summed E-state index contributed by atoms with van der Waals surface area (Å²) >= 11 is 0. The van der Waals surface area contributed by atoms with Crippen molar-refractivity contribution in [3.8, 4) is 51.0 Å². The molecule has 0 N–H and O–H groups in total. The second-order valence-electron chi connectivity index (χ2n) is 11.1. The summed E-state index contributed by atoms with van der Waals surface area (Å²) in [6, 6.07) is 35.0. The van der Waals surface area contributed by atoms with E-state index in [0.717, 1.165) is 27.5 Å². The topological polar surface area (TPSA) is 43.6 Å². The molecule has 0 saturated heterocycles. The van der Waals surface area contributed by atoms with Gasteiger partial charge in [-0.05, 0) is 46.1 Å². The number of fused-ring (bicyclic) bond motifs is 4. The first kappa shape index (κ1) is 19.9. The van der Waals surface area contributed by atoms with Gasteiger partial charge in [0.1, 0.15) is 0 Å². The van der Waals surface area contributed by atoms with Crippen LogP contribution in [0.25, 0.3) is 83.6 Å². The fraction of sp³-hybridized carbons (Fsp3) is 0. The van der Waals surface area contributed by atoms with Crippen molar-refractivity contribution < 1.29 is 11.0 Å². The van der Waals surface area contributed by atoms with Gasteiger partial charge in [-0.25, -0.2) is 15.0 Å². The highest BCUT2D eigenvalue weighted by Gasteiger charge is 2.22. The van der Waals surface area contributed by atoms with E-state index in [1.807, 2.05) is 109 Å². The van der Waals surface area contributed by atoms with E-state index in [-0.39, 0.29) is 27.6 Å². The van der Waals surface area contributed by atoms with Gasteiger partial charge in [0, 0.05) is 21.9 Å². The molecule has 0 amide bonds. The van der Waals surface area contributed by atoms with Gasteiger partial charge in [-0.3, -0.25) is 0 Å². The molecule has 0 unspecified atom stereocenters. The predicted octanol–water partition coefficient (Wildman–Crippen LogP) is 10.8. The minimum atomic E-state index is -0.508. The summed E-state index contributed by atoms with van der Waals surface area (Å²) in [5, 5.41) is 2.00. The molecule has 0 bridgehead atoms. The summed E-state index contributed by atoms with van der Waals surface area (Å²) < 4.78 is 72.4. The maximum atomic E-state index is 9.20. The number of rotatable bonds is 5. The van der Waals surface area contributed by atoms with Gasteiger partial charge >= 0.3 is 0 Å². The third-order valence-corrected chi connectivity index (χ3v) is 8.30. The van der Waals surface area contributed by atoms with Crippen LogP contribution in [0.3, 0.4) is 0 Å². The molecular formula is C43H28N4. The standard InChI is InChI=1S/C43H28N4/c1-3-15-30(16-4-1)41-44-42(31-17-5-2-6-18-31)46-43(45-41)40-34(33-27-26-29-14-7-8-19-32(29)28-33)22-13-25-39(40)47-37-23-11-9-20-35(37)36-21-10-12-24-38(36)47/h1-28H/i9D,10D,11D,12D,20D,21D,23D,24D. The van der Waals surface area contributed by atoms with Gasteiger partial charge in [-0.1, -0.05) is 145 Å². The van der Waals surface area contributed by atoms with E-state index < -0.39 is 48.3 Å². The lowest BCUT2D eigenvalue weighted by atomic mass is 9.95. The Morgan fingerprint density at radius 2 is 1.00 bits per heavy atom. The van der Waals surface area contributed by atoms with Crippen molar-refractivity contribution in [3.63, 3.8) is 0 Å². The van der Waals surface area contributed by atoms with Crippen LogP contribution >= 0.6 is 0 Å². The third-order valence-electron chi connectivity index (χ3n) is 8.30. The summed E-state index contributed by atoms with van der Waals surface area (Å²) in [6.45, 7) is 0. The number of hydrogen-bond acceptors (Lipinski definition) is 3. The van der Waals surface area contributed by atoms with Gasteiger partial charge in [0.15, 0.2) is 17.5 Å². The maximum absolute atomic E-state index is 9.20. The average Bonchev–Trinajstić information content (AvgIpc) is 3.60. The zero-order chi connectivity index (χ0) is 38.1. The highest BCUT2D eigenvalue weighted by molar-refractivity contribution is 6.10. The van der Waals surface area contributed by atoms with Crippen LogP contribution in [-0.2, 0) is 0 Å². The molecule has 0 aliphatic rings. The van der Waals surface area contributed by atoms with Gasteiger partial charge in [0.25, 0.3) is 0 Å². The molecule has 9 rings (SSSR count). The molecule has 0 aliphatic heterocycles. The zero-order valence-electron chi connectivity index (χ0n) is 32.8. The first-order chi connectivity index (χ1) is 26.6. The van der Waals surface area contributed by atoms with Crippen LogP contribution in [0.5, 0.6) is 0 Å². The first-order valence-electron chi connectivity index (χ1n) is 19.1. The van der Waals surface area contributed by atoms with Crippen molar-refractivity contribution in [2.45, 2.75) is 0 Å². The normalized spacial score (nSPS) is 13.8. The van der Waals surface area contributed by atoms with E-state index in [1.165, 1.54) is 4.57 Å². The zero-order valence-corrected chi connectivity index (χ0v) is 24.8. The second-order valence-corrected chi connectivity index (χ2v) is 11.1. The van der Waals surface area contributed by atoms with Gasteiger partial charge in [0.05, 0.1) is 33.3 Å². The van der Waals surface area contributed by atoms with E-state index >= 15 is 0 Å². The highest BCUT2D eigenvalue weighted by atomic mass is 15.1. The van der Waals surface area contributed by atoms with E-state index in [2.05, 4.69) is 6.07 Å². The first-order valence-corrected chi connectivity index (χ1v) is 15.1. The van der Waals surface area contributed by atoms with Crippen LogP contribution < -0.4 is 0 Å². The molecule has 4 heteroatoms. The molecular weight excluding hydrogens is 573 g/mol. The number of para-hydroxylation sites is 2. The Bertz CT molecular complexity index is 2890. The molecule has 2 aromatic heterocycles. The molecule has 2 heterocycles. The number of benzene rings is 7. The third kappa shape index (κ3) is 4.66. The van der Waals surface area contributed by atoms with Crippen LogP contribution in [0.4, 0.5) is 0 Å². The minimum absolute atomic E-state index is 0.00512. The average molecular weight is 609 g/mol. The predicted molar refractivity (Wildman–Crippen MR) is 193 cm³/mol. The Morgan fingerprint density at radius 3 is 1.64 bits per heavy atom. The van der Waals surface area contributed by atoms with Crippen molar-refractivity contribution in [1.82, 2.24) is 19.5 Å². The number of hydrogen-bond donors (Lipinski definition) is 0. The van der Waals surface area contributed by atoms with Crippen molar-refractivity contribution in [3.05, 3.63) is 170 Å². The number of aromatic nitrogens is 4. The molecule has 0 atom stereocenters. The van der Waals surface area contributed by atoms with E-state index in [9.17, 15) is 2.74 Å². The summed E-state index contributed by atoms with van der Waals surface area (Å²) in [7, 11) is 0. The van der Waals surface area contributed by atoms with Crippen LogP contribution in [0.15, 0.2) is 170 Å². The Hall–Kier alpha value is -6.39. The van der Waals surface area contributed by atoms with Crippen LogP contribution in [0.2, 0.25) is 0 Å². The fourth-order valence-corrected chi connectivity index (χ4v) is 6.14. The smallest absolute Gasteiger partial charge is 0.166 e. The maximum Gasteiger partial charge on any atom is 0.166 e. The van der Waals surface area contributed by atoms with Gasteiger partial charge in [-0.2, -0.15) is 0 Å². The highest BCUT2D eigenvalue weighted by Crippen LogP contribution is 2.41. The summed E-state index contributed by atoms with van der Waals surface area (Å²) in [6.07, 6.45) is 0. The Kier molecular flexibility index (Phi) is 4.74. The van der Waals surface area contributed by atoms with E-state index in [1.54, 1.807) is 6.07 Å². The number of nitrogens with zero attached hydrogens (tertiary/aromatic N) is 4. The Balaban J connectivity index is 1.49. The lowest BCUT2D eigenvalue weighted by Crippen LogP contribution is -2.05. The van der Waals surface area contributed by atoms with Crippen molar-refractivity contribution in [1.29, 1.82) is 0 Å². The fourth-order valence-electron chi connectivity index (χ4n) is 6.14. The van der Waals surface area contributed by atoms with Gasteiger partial charge in [-0.15, -0.1) is 0 Å². The van der Waals surface area contributed by atoms with Crippen LogP contribution in [0, 0.1) is 0 Å². The quantitative estimate of drug-likeness (QED) is 0.195. The molecule has 0 aliphatic carbocycles. The summed E-state index contributed by atoms with van der Waals surface area (Å²) in [5.74, 6) is 1.05. The van der Waals surface area contributed by atoms with E-state index in [0.29, 0.717) is 28.5 Å². The van der Waals surface area contributed by atoms with Crippen molar-refractivity contribution >= 4 is 32.6 Å². The second kappa shape index (κ2) is 11.2. The SMILES string of the molecule is [2H]c1c([2H])c([2H])c2c(c1[2H])c1c([2H])c([2H])c([2H])c([2H])c1n2-c1cccc(-c2ccc3ccccc3c2)c1-c1nc(-c2ccccc2)nc(-c2ccccc2)n1. The summed E-state index contributed by atoms with van der Waals surface area (Å²) in [5.41, 5.74) is 3.81. The van der Waals surface area contributed by atoms with Gasteiger partial charge in [0.2, 0.25) is 0 Å². The van der Waals surface area contributed by atoms with Gasteiger partial charge < -0.3 is 4.57 Å². The molecule has 0 saturated carbocycles. The molecule has 220 valence electrons. The van der Waals surface area contributed by atoms with Crippen LogP contribution in [-0.4, -0.2) is 19.5 Å². The molecule has 4 nitrogen and oxygen atoms in total. The molecule has 0 spiro atoms.